The van der Waals surface area contributed by atoms with E-state index in [1.165, 1.54) is 5.56 Å². The molecule has 7 nitrogen and oxygen atoms in total. The molecular formula is C27H35N3O4. The highest BCUT2D eigenvalue weighted by Crippen LogP contribution is 2.34. The third-order valence-corrected chi connectivity index (χ3v) is 6.84. The highest BCUT2D eigenvalue weighted by Gasteiger charge is 2.31. The average Bonchev–Trinajstić information content (AvgIpc) is 2.82. The van der Waals surface area contributed by atoms with Gasteiger partial charge in [0.05, 0.1) is 20.8 Å². The predicted molar refractivity (Wildman–Crippen MR) is 132 cm³/mol. The van der Waals surface area contributed by atoms with Crippen molar-refractivity contribution in [1.29, 1.82) is 0 Å². The van der Waals surface area contributed by atoms with E-state index in [9.17, 15) is 9.59 Å². The molecule has 34 heavy (non-hydrogen) atoms. The summed E-state index contributed by atoms with van der Waals surface area (Å²) in [7, 11) is 3.27. The lowest BCUT2D eigenvalue weighted by Crippen LogP contribution is -2.45. The van der Waals surface area contributed by atoms with Crippen molar-refractivity contribution in [3.05, 3.63) is 52.6 Å². The van der Waals surface area contributed by atoms with Crippen LogP contribution >= 0.6 is 0 Å². The SMILES string of the molecule is COc1cc2c(cc1OC)CN(C(=O)C1CCN(CC(=O)Nc3cc(C)cc(C)c3)CC1)CC2. The molecule has 1 N–H and O–H groups in total. The van der Waals surface area contributed by atoms with Crippen molar-refractivity contribution < 1.29 is 19.1 Å². The summed E-state index contributed by atoms with van der Waals surface area (Å²) in [5.41, 5.74) is 5.44. The lowest BCUT2D eigenvalue weighted by Gasteiger charge is -2.36. The topological polar surface area (TPSA) is 71.1 Å². The van der Waals surface area contributed by atoms with Crippen LogP contribution in [-0.4, -0.2) is 62.0 Å². The fourth-order valence-corrected chi connectivity index (χ4v) is 5.12. The fraction of sp³-hybridized carbons (Fsp3) is 0.481. The van der Waals surface area contributed by atoms with E-state index in [2.05, 4.69) is 16.3 Å². The lowest BCUT2D eigenvalue weighted by molar-refractivity contribution is -0.138. The molecule has 182 valence electrons. The normalized spacial score (nSPS) is 16.6. The molecule has 2 aromatic rings. The third-order valence-electron chi connectivity index (χ3n) is 6.84. The first-order chi connectivity index (χ1) is 16.4. The second-order valence-electron chi connectivity index (χ2n) is 9.46. The molecule has 0 atom stereocenters. The van der Waals surface area contributed by atoms with Crippen LogP contribution in [0, 0.1) is 19.8 Å². The highest BCUT2D eigenvalue weighted by atomic mass is 16.5. The van der Waals surface area contributed by atoms with Gasteiger partial charge in [0.2, 0.25) is 11.8 Å². The number of nitrogens with one attached hydrogen (secondary N) is 1. The largest absolute Gasteiger partial charge is 0.493 e. The van der Waals surface area contributed by atoms with Crippen LogP contribution in [0.15, 0.2) is 30.3 Å². The van der Waals surface area contributed by atoms with E-state index < -0.39 is 0 Å². The van der Waals surface area contributed by atoms with Crippen LogP contribution < -0.4 is 14.8 Å². The van der Waals surface area contributed by atoms with Crippen molar-refractivity contribution in [2.24, 2.45) is 5.92 Å². The molecule has 2 heterocycles. The van der Waals surface area contributed by atoms with Gasteiger partial charge in [0.25, 0.3) is 0 Å². The number of benzene rings is 2. The van der Waals surface area contributed by atoms with E-state index in [1.807, 2.05) is 43.0 Å². The van der Waals surface area contributed by atoms with Crippen molar-refractivity contribution in [2.45, 2.75) is 39.7 Å². The van der Waals surface area contributed by atoms with Gasteiger partial charge < -0.3 is 19.7 Å². The number of ether oxygens (including phenoxy) is 2. The van der Waals surface area contributed by atoms with Crippen LogP contribution in [0.4, 0.5) is 5.69 Å². The van der Waals surface area contributed by atoms with Gasteiger partial charge in [-0.3, -0.25) is 14.5 Å². The average molecular weight is 466 g/mol. The van der Waals surface area contributed by atoms with E-state index in [0.717, 1.165) is 67.0 Å². The summed E-state index contributed by atoms with van der Waals surface area (Å²) >= 11 is 0. The van der Waals surface area contributed by atoms with Crippen molar-refractivity contribution in [3.63, 3.8) is 0 Å². The van der Waals surface area contributed by atoms with Gasteiger partial charge in [0.15, 0.2) is 11.5 Å². The minimum atomic E-state index is -0.00760. The maximum absolute atomic E-state index is 13.2. The number of aryl methyl sites for hydroxylation is 2. The van der Waals surface area contributed by atoms with Gasteiger partial charge in [-0.05, 0) is 92.7 Å². The van der Waals surface area contributed by atoms with Gasteiger partial charge in [-0.15, -0.1) is 0 Å². The highest BCUT2D eigenvalue weighted by molar-refractivity contribution is 5.92. The first-order valence-corrected chi connectivity index (χ1v) is 12.0. The van der Waals surface area contributed by atoms with Gasteiger partial charge in [-0.1, -0.05) is 6.07 Å². The number of fused-ring (bicyclic) bond motifs is 1. The summed E-state index contributed by atoms with van der Waals surface area (Å²) in [4.78, 5) is 29.9. The quantitative estimate of drug-likeness (QED) is 0.707. The van der Waals surface area contributed by atoms with Crippen LogP contribution in [0.5, 0.6) is 11.5 Å². The summed E-state index contributed by atoms with van der Waals surface area (Å²) in [5.74, 6) is 1.66. The Balaban J connectivity index is 1.29. The van der Waals surface area contributed by atoms with Crippen LogP contribution in [0.25, 0.3) is 0 Å². The Morgan fingerprint density at radius 3 is 2.15 bits per heavy atom. The Morgan fingerprint density at radius 2 is 1.53 bits per heavy atom. The molecule has 2 aromatic carbocycles. The van der Waals surface area contributed by atoms with Crippen molar-refractivity contribution in [1.82, 2.24) is 9.80 Å². The maximum Gasteiger partial charge on any atom is 0.238 e. The summed E-state index contributed by atoms with van der Waals surface area (Å²) in [5, 5.41) is 3.01. The molecule has 0 aromatic heterocycles. The van der Waals surface area contributed by atoms with Gasteiger partial charge in [0, 0.05) is 24.7 Å². The third kappa shape index (κ3) is 5.53. The molecule has 1 saturated heterocycles. The maximum atomic E-state index is 13.2. The number of amides is 2. The molecule has 0 aliphatic carbocycles. The Labute approximate surface area is 202 Å². The lowest BCUT2D eigenvalue weighted by atomic mass is 9.92. The van der Waals surface area contributed by atoms with E-state index in [0.29, 0.717) is 18.8 Å². The van der Waals surface area contributed by atoms with Crippen molar-refractivity contribution in [2.75, 3.05) is 45.7 Å². The van der Waals surface area contributed by atoms with Crippen molar-refractivity contribution in [3.8, 4) is 11.5 Å². The minimum Gasteiger partial charge on any atom is -0.493 e. The smallest absolute Gasteiger partial charge is 0.238 e. The monoisotopic (exact) mass is 465 g/mol. The zero-order chi connectivity index (χ0) is 24.2. The predicted octanol–water partition coefficient (Wildman–Crippen LogP) is 3.56. The summed E-state index contributed by atoms with van der Waals surface area (Å²) in [6.07, 6.45) is 2.38. The number of carbonyl (C=O) groups is 2. The number of carbonyl (C=O) groups excluding carboxylic acids is 2. The van der Waals surface area contributed by atoms with Crippen LogP contribution in [0.2, 0.25) is 0 Å². The molecule has 0 unspecified atom stereocenters. The second-order valence-corrected chi connectivity index (χ2v) is 9.46. The molecule has 0 radical (unpaired) electrons. The van der Waals surface area contributed by atoms with E-state index in [1.54, 1.807) is 14.2 Å². The second kappa shape index (κ2) is 10.5. The number of nitrogens with zero attached hydrogens (tertiary/aromatic N) is 2. The van der Waals surface area contributed by atoms with Gasteiger partial charge in [-0.2, -0.15) is 0 Å². The van der Waals surface area contributed by atoms with Gasteiger partial charge >= 0.3 is 0 Å². The van der Waals surface area contributed by atoms with E-state index in [-0.39, 0.29) is 17.7 Å². The van der Waals surface area contributed by atoms with Gasteiger partial charge in [0.1, 0.15) is 0 Å². The molecule has 7 heteroatoms. The number of anilines is 1. The Bertz CT molecular complexity index is 1040. The molecule has 2 aliphatic heterocycles. The molecule has 1 fully saturated rings. The standard InChI is InChI=1S/C27H35N3O4/c1-18-11-19(2)13-23(12-18)28-26(31)17-29-8-5-20(6-9-29)27(32)30-10-7-21-14-24(33-3)25(34-4)15-22(21)16-30/h11-15,20H,5-10,16-17H2,1-4H3,(H,28,31). The van der Waals surface area contributed by atoms with Crippen molar-refractivity contribution >= 4 is 17.5 Å². The molecule has 2 aliphatic rings. The Morgan fingerprint density at radius 1 is 0.912 bits per heavy atom. The van der Waals surface area contributed by atoms with E-state index >= 15 is 0 Å². The summed E-state index contributed by atoms with van der Waals surface area (Å²) < 4.78 is 10.9. The zero-order valence-corrected chi connectivity index (χ0v) is 20.6. The number of hydrogen-bond donors (Lipinski definition) is 1. The van der Waals surface area contributed by atoms with Crippen LogP contribution in [0.1, 0.15) is 35.1 Å². The molecule has 0 saturated carbocycles. The van der Waals surface area contributed by atoms with E-state index in [4.69, 9.17) is 9.47 Å². The first-order valence-electron chi connectivity index (χ1n) is 12.0. The summed E-state index contributed by atoms with van der Waals surface area (Å²) in [6, 6.07) is 10.1. The number of rotatable bonds is 6. The molecule has 4 rings (SSSR count). The molecular weight excluding hydrogens is 430 g/mol. The molecule has 0 bridgehead atoms. The Kier molecular flexibility index (Phi) is 7.41. The van der Waals surface area contributed by atoms with Crippen LogP contribution in [0.3, 0.4) is 0 Å². The first kappa shape index (κ1) is 24.1. The zero-order valence-electron chi connectivity index (χ0n) is 20.6. The summed E-state index contributed by atoms with van der Waals surface area (Å²) in [6.45, 7) is 7.25. The molecule has 0 spiro atoms. The minimum absolute atomic E-state index is 0.00760. The molecule has 2 amide bonds. The number of likely N-dealkylation sites (tertiary alicyclic amines) is 1. The fourth-order valence-electron chi connectivity index (χ4n) is 5.12. The number of piperidine rings is 1. The van der Waals surface area contributed by atoms with Gasteiger partial charge in [-0.25, -0.2) is 0 Å². The number of methoxy groups -OCH3 is 2. The number of hydrogen-bond acceptors (Lipinski definition) is 5. The van der Waals surface area contributed by atoms with Crippen LogP contribution in [-0.2, 0) is 22.6 Å². The Hall–Kier alpha value is -3.06.